The zero-order valence-corrected chi connectivity index (χ0v) is 21.1. The first-order chi connectivity index (χ1) is 17.4. The molecule has 1 unspecified atom stereocenters. The van der Waals surface area contributed by atoms with E-state index in [4.69, 9.17) is 11.6 Å². The molecule has 2 saturated carbocycles. The summed E-state index contributed by atoms with van der Waals surface area (Å²) in [5.41, 5.74) is 2.52. The number of carbonyl (C=O) groups is 1. The van der Waals surface area contributed by atoms with Crippen LogP contribution in [0.2, 0.25) is 5.02 Å². The number of nitriles is 1. The van der Waals surface area contributed by atoms with Crippen molar-refractivity contribution in [3.63, 3.8) is 0 Å². The Bertz CT molecular complexity index is 1170. The number of hydrogen-bond donors (Lipinski definition) is 2. The van der Waals surface area contributed by atoms with Crippen molar-refractivity contribution in [1.82, 2.24) is 9.80 Å². The highest BCUT2D eigenvalue weighted by Crippen LogP contribution is 2.62. The quantitative estimate of drug-likeness (QED) is 0.539. The van der Waals surface area contributed by atoms with Gasteiger partial charge in [0, 0.05) is 30.9 Å². The van der Waals surface area contributed by atoms with Gasteiger partial charge in [-0.05, 0) is 92.3 Å². The summed E-state index contributed by atoms with van der Waals surface area (Å²) >= 11 is 5.93. The molecular weight excluding hydrogens is 479 g/mol. The molecular formula is C28H32ClFN4O2. The zero-order valence-electron chi connectivity index (χ0n) is 20.3. The second kappa shape index (κ2) is 10.4. The van der Waals surface area contributed by atoms with Crippen LogP contribution in [0.15, 0.2) is 42.5 Å². The van der Waals surface area contributed by atoms with Crippen LogP contribution in [0.4, 0.5) is 14.9 Å². The predicted octanol–water partition coefficient (Wildman–Crippen LogP) is 5.15. The van der Waals surface area contributed by atoms with Gasteiger partial charge in [-0.2, -0.15) is 5.26 Å². The van der Waals surface area contributed by atoms with E-state index in [2.05, 4.69) is 22.4 Å². The number of likely N-dealkylation sites (tertiary alicyclic amines) is 1. The maximum Gasteiger partial charge on any atom is 0.322 e. The monoisotopic (exact) mass is 510 g/mol. The number of amides is 2. The number of aliphatic hydroxyl groups excluding tert-OH is 1. The summed E-state index contributed by atoms with van der Waals surface area (Å²) in [6.45, 7) is 2.33. The highest BCUT2D eigenvalue weighted by Gasteiger charge is 2.58. The van der Waals surface area contributed by atoms with Gasteiger partial charge >= 0.3 is 6.03 Å². The maximum absolute atomic E-state index is 13.6. The Hall–Kier alpha value is -2.66. The lowest BCUT2D eigenvalue weighted by Gasteiger charge is -2.38. The molecule has 3 aliphatic rings. The lowest BCUT2D eigenvalue weighted by Crippen LogP contribution is -2.49. The number of rotatable bonds is 7. The number of fused-ring (bicyclic) bond motifs is 1. The number of nitrogens with zero attached hydrogens (tertiary/aromatic N) is 3. The lowest BCUT2D eigenvalue weighted by molar-refractivity contribution is 0.123. The van der Waals surface area contributed by atoms with E-state index in [0.717, 1.165) is 45.1 Å². The smallest absolute Gasteiger partial charge is 0.322 e. The Balaban J connectivity index is 1.31. The minimum atomic E-state index is -0.520. The van der Waals surface area contributed by atoms with Crippen molar-refractivity contribution in [3.05, 3.63) is 64.4 Å². The molecule has 5 rings (SSSR count). The van der Waals surface area contributed by atoms with Crippen molar-refractivity contribution in [1.29, 1.82) is 5.26 Å². The number of nitrogens with one attached hydrogen (secondary N) is 1. The molecule has 1 heterocycles. The molecule has 4 atom stereocenters. The predicted molar refractivity (Wildman–Crippen MR) is 137 cm³/mol. The van der Waals surface area contributed by atoms with Gasteiger partial charge in [-0.3, -0.25) is 4.90 Å². The molecule has 8 heteroatoms. The van der Waals surface area contributed by atoms with Gasteiger partial charge in [0.05, 0.1) is 23.3 Å². The number of halogens is 2. The molecule has 2 aromatic carbocycles. The van der Waals surface area contributed by atoms with Crippen LogP contribution in [0.3, 0.4) is 0 Å². The molecule has 1 aliphatic heterocycles. The van der Waals surface area contributed by atoms with Gasteiger partial charge < -0.3 is 15.3 Å². The Labute approximate surface area is 216 Å². The molecule has 0 bridgehead atoms. The van der Waals surface area contributed by atoms with Crippen LogP contribution in [0.5, 0.6) is 0 Å². The Morgan fingerprint density at radius 2 is 2.17 bits per heavy atom. The third-order valence-electron chi connectivity index (χ3n) is 8.49. The van der Waals surface area contributed by atoms with E-state index in [1.54, 1.807) is 0 Å². The number of hydrogen-bond acceptors (Lipinski definition) is 4. The summed E-state index contributed by atoms with van der Waals surface area (Å²) in [6.07, 6.45) is 5.90. The van der Waals surface area contributed by atoms with E-state index in [9.17, 15) is 19.6 Å². The number of carbonyl (C=O) groups excluding carboxylic acids is 1. The summed E-state index contributed by atoms with van der Waals surface area (Å²) in [7, 11) is 0. The summed E-state index contributed by atoms with van der Waals surface area (Å²) in [5, 5.41) is 21.9. The molecule has 2 N–H and O–H groups in total. The van der Waals surface area contributed by atoms with Crippen molar-refractivity contribution < 1.29 is 14.3 Å². The fourth-order valence-corrected chi connectivity index (χ4v) is 6.58. The SMILES string of the molecule is N#Cc1cccc([C@]23CC[C@@H](N(CCN4CCC[C@H]4CO)C(=O)Nc4ccc(F)c(Cl)c4)CC2C3)c1. The third-order valence-corrected chi connectivity index (χ3v) is 8.78. The van der Waals surface area contributed by atoms with Crippen molar-refractivity contribution >= 4 is 23.3 Å². The normalized spacial score (nSPS) is 27.2. The van der Waals surface area contributed by atoms with Gasteiger partial charge in [-0.15, -0.1) is 0 Å². The maximum atomic E-state index is 13.6. The standard InChI is InChI=1S/C28H32ClFN4O2/c29-25-15-22(6-7-26(25)30)32-27(36)34(12-11-33-10-2-5-24(33)18-35)23-8-9-28(16-21(28)14-23)20-4-1-3-19(13-20)17-31/h1,3-4,6-7,13,15,21,23-24,35H,2,5,8-12,14,16,18H2,(H,32,36)/t21?,23-,24+,28-/m1/s1. The fourth-order valence-electron chi connectivity index (χ4n) is 6.40. The minimum Gasteiger partial charge on any atom is -0.395 e. The van der Waals surface area contributed by atoms with Crippen molar-refractivity contribution in [2.75, 3.05) is 31.6 Å². The average molecular weight is 511 g/mol. The van der Waals surface area contributed by atoms with Gasteiger partial charge in [0.2, 0.25) is 0 Å². The summed E-state index contributed by atoms with van der Waals surface area (Å²) in [5.74, 6) is -0.0360. The number of anilines is 1. The first-order valence-corrected chi connectivity index (χ1v) is 13.2. The van der Waals surface area contributed by atoms with Crippen molar-refractivity contribution in [3.8, 4) is 6.07 Å². The highest BCUT2D eigenvalue weighted by atomic mass is 35.5. The molecule has 2 amide bonds. The number of aliphatic hydroxyl groups is 1. The topological polar surface area (TPSA) is 79.6 Å². The van der Waals surface area contributed by atoms with E-state index in [1.165, 1.54) is 23.8 Å². The molecule has 0 spiro atoms. The average Bonchev–Trinajstić information content (AvgIpc) is 3.46. The number of urea groups is 1. The fraction of sp³-hybridized carbons (Fsp3) is 0.500. The molecule has 0 radical (unpaired) electrons. The molecule has 36 heavy (non-hydrogen) atoms. The molecule has 3 fully saturated rings. The highest BCUT2D eigenvalue weighted by molar-refractivity contribution is 6.31. The van der Waals surface area contributed by atoms with E-state index in [0.29, 0.717) is 30.3 Å². The van der Waals surface area contributed by atoms with Gasteiger partial charge in [0.1, 0.15) is 5.82 Å². The molecule has 2 aliphatic carbocycles. The minimum absolute atomic E-state index is 0.0257. The van der Waals surface area contributed by atoms with Crippen LogP contribution in [0.25, 0.3) is 0 Å². The Morgan fingerprint density at radius 3 is 2.92 bits per heavy atom. The molecule has 1 saturated heterocycles. The van der Waals surface area contributed by atoms with Crippen LogP contribution >= 0.6 is 11.6 Å². The molecule has 0 aromatic heterocycles. The van der Waals surface area contributed by atoms with Crippen molar-refractivity contribution in [2.45, 2.75) is 56.0 Å². The van der Waals surface area contributed by atoms with Crippen LogP contribution in [-0.4, -0.2) is 59.3 Å². The van der Waals surface area contributed by atoms with Gasteiger partial charge in [0.15, 0.2) is 0 Å². The van der Waals surface area contributed by atoms with E-state index in [1.807, 2.05) is 23.1 Å². The molecule has 2 aromatic rings. The summed E-state index contributed by atoms with van der Waals surface area (Å²) in [4.78, 5) is 17.7. The second-order valence-corrected chi connectivity index (χ2v) is 10.9. The van der Waals surface area contributed by atoms with Crippen LogP contribution < -0.4 is 5.32 Å². The van der Waals surface area contributed by atoms with Crippen LogP contribution in [0, 0.1) is 23.1 Å². The first-order valence-electron chi connectivity index (χ1n) is 12.8. The van der Waals surface area contributed by atoms with Gasteiger partial charge in [-0.25, -0.2) is 9.18 Å². The zero-order chi connectivity index (χ0) is 25.3. The van der Waals surface area contributed by atoms with E-state index in [-0.39, 0.29) is 35.2 Å². The van der Waals surface area contributed by atoms with Gasteiger partial charge in [0.25, 0.3) is 0 Å². The Morgan fingerprint density at radius 1 is 1.31 bits per heavy atom. The van der Waals surface area contributed by atoms with E-state index < -0.39 is 5.82 Å². The van der Waals surface area contributed by atoms with E-state index >= 15 is 0 Å². The molecule has 6 nitrogen and oxygen atoms in total. The van der Waals surface area contributed by atoms with Crippen molar-refractivity contribution in [2.24, 2.45) is 5.92 Å². The third kappa shape index (κ3) is 4.95. The molecule has 190 valence electrons. The largest absolute Gasteiger partial charge is 0.395 e. The van der Waals surface area contributed by atoms with Gasteiger partial charge in [-0.1, -0.05) is 23.7 Å². The summed E-state index contributed by atoms with van der Waals surface area (Å²) in [6, 6.07) is 14.5. The Kier molecular flexibility index (Phi) is 7.21. The van der Waals surface area contributed by atoms with Crippen LogP contribution in [0.1, 0.15) is 49.7 Å². The summed E-state index contributed by atoms with van der Waals surface area (Å²) < 4.78 is 13.6. The first kappa shape index (κ1) is 25.0. The second-order valence-electron chi connectivity index (χ2n) is 10.4. The van der Waals surface area contributed by atoms with Crippen LogP contribution in [-0.2, 0) is 5.41 Å². The number of benzene rings is 2. The lowest BCUT2D eigenvalue weighted by atomic mass is 9.80.